The van der Waals surface area contributed by atoms with Crippen molar-refractivity contribution in [1.29, 1.82) is 0 Å². The van der Waals surface area contributed by atoms with Crippen molar-refractivity contribution < 1.29 is 19.5 Å². The second kappa shape index (κ2) is 6.23. The summed E-state index contributed by atoms with van der Waals surface area (Å²) in [5, 5.41) is 8.57. The first kappa shape index (κ1) is 15.8. The van der Waals surface area contributed by atoms with E-state index in [1.54, 1.807) is 18.7 Å². The molecule has 0 saturated heterocycles. The number of carbonyl (C=O) groups is 3. The van der Waals surface area contributed by atoms with Crippen LogP contribution in [0, 0.1) is 5.92 Å². The molecular weight excluding hydrogens is 266 g/mol. The first-order valence-corrected chi connectivity index (χ1v) is 7.46. The zero-order valence-corrected chi connectivity index (χ0v) is 12.4. The lowest BCUT2D eigenvalue weighted by Gasteiger charge is -2.24. The molecule has 106 valence electrons. The molecule has 5 nitrogen and oxygen atoms in total. The standard InChI is InChI=1S/C13H19NO4S/c1-5-14-12(18)8(6-9(15)16)10(13(14)19-4)11(17)7(2)3/h7,13H,5-6H2,1-4H3,(H,15,16)/t13-/m1/s1. The third-order valence-corrected chi connectivity index (χ3v) is 3.99. The van der Waals surface area contributed by atoms with Crippen molar-refractivity contribution in [2.24, 2.45) is 5.92 Å². The van der Waals surface area contributed by atoms with Crippen molar-refractivity contribution in [3.63, 3.8) is 0 Å². The fourth-order valence-electron chi connectivity index (χ4n) is 2.16. The normalized spacial score (nSPS) is 19.5. The van der Waals surface area contributed by atoms with Crippen molar-refractivity contribution >= 4 is 29.4 Å². The first-order chi connectivity index (χ1) is 8.84. The number of carboxylic acid groups (broad SMARTS) is 1. The summed E-state index contributed by atoms with van der Waals surface area (Å²) in [6, 6.07) is 0. The van der Waals surface area contributed by atoms with E-state index in [2.05, 4.69) is 0 Å². The molecule has 0 spiro atoms. The first-order valence-electron chi connectivity index (χ1n) is 6.17. The van der Waals surface area contributed by atoms with E-state index in [-0.39, 0.29) is 35.0 Å². The van der Waals surface area contributed by atoms with Crippen molar-refractivity contribution in [3.05, 3.63) is 11.1 Å². The minimum atomic E-state index is -1.09. The summed E-state index contributed by atoms with van der Waals surface area (Å²) in [6.07, 6.45) is 1.43. The maximum atomic E-state index is 12.3. The molecule has 0 aromatic rings. The largest absolute Gasteiger partial charge is 0.481 e. The predicted molar refractivity (Wildman–Crippen MR) is 73.8 cm³/mol. The summed E-state index contributed by atoms with van der Waals surface area (Å²) < 4.78 is 0. The van der Waals surface area contributed by atoms with Gasteiger partial charge in [-0.3, -0.25) is 14.4 Å². The Morgan fingerprint density at radius 1 is 1.42 bits per heavy atom. The van der Waals surface area contributed by atoms with Gasteiger partial charge in [0.2, 0.25) is 0 Å². The van der Waals surface area contributed by atoms with Crippen LogP contribution in [0.25, 0.3) is 0 Å². The zero-order chi connectivity index (χ0) is 14.7. The number of Topliss-reactive ketones (excluding diaryl/α,β-unsaturated/α-hetero) is 1. The van der Waals surface area contributed by atoms with Crippen LogP contribution in [-0.4, -0.2) is 45.8 Å². The number of rotatable bonds is 6. The summed E-state index contributed by atoms with van der Waals surface area (Å²) in [7, 11) is 0. The van der Waals surface area contributed by atoms with Crippen molar-refractivity contribution in [2.45, 2.75) is 32.6 Å². The van der Waals surface area contributed by atoms with E-state index in [0.29, 0.717) is 12.1 Å². The van der Waals surface area contributed by atoms with Gasteiger partial charge in [-0.1, -0.05) is 13.8 Å². The van der Waals surface area contributed by atoms with Gasteiger partial charge in [-0.2, -0.15) is 0 Å². The van der Waals surface area contributed by atoms with Crippen LogP contribution < -0.4 is 0 Å². The molecule has 0 unspecified atom stereocenters. The van der Waals surface area contributed by atoms with E-state index in [1.165, 1.54) is 11.8 Å². The van der Waals surface area contributed by atoms with Gasteiger partial charge in [0.25, 0.3) is 5.91 Å². The minimum Gasteiger partial charge on any atom is -0.481 e. The third-order valence-electron chi connectivity index (χ3n) is 3.06. The highest BCUT2D eigenvalue weighted by Gasteiger charge is 2.41. The van der Waals surface area contributed by atoms with Gasteiger partial charge in [-0.05, 0) is 13.2 Å². The summed E-state index contributed by atoms with van der Waals surface area (Å²) >= 11 is 1.39. The molecule has 0 bridgehead atoms. The number of nitrogens with zero attached hydrogens (tertiary/aromatic N) is 1. The molecule has 19 heavy (non-hydrogen) atoms. The lowest BCUT2D eigenvalue weighted by Crippen LogP contribution is -2.34. The number of amides is 1. The number of carboxylic acids is 1. The van der Waals surface area contributed by atoms with E-state index in [1.807, 2.05) is 13.2 Å². The molecule has 1 aliphatic heterocycles. The fraction of sp³-hybridized carbons (Fsp3) is 0.615. The van der Waals surface area contributed by atoms with Crippen LogP contribution in [0.2, 0.25) is 0 Å². The Balaban J connectivity index is 3.31. The van der Waals surface area contributed by atoms with Crippen LogP contribution in [0.4, 0.5) is 0 Å². The predicted octanol–water partition coefficient (Wildman–Crippen LogP) is 1.53. The van der Waals surface area contributed by atoms with Gasteiger partial charge in [0.1, 0.15) is 5.37 Å². The quantitative estimate of drug-likeness (QED) is 0.801. The Labute approximate surface area is 117 Å². The monoisotopic (exact) mass is 285 g/mol. The summed E-state index contributed by atoms with van der Waals surface area (Å²) in [6.45, 7) is 5.79. The van der Waals surface area contributed by atoms with E-state index in [9.17, 15) is 14.4 Å². The van der Waals surface area contributed by atoms with Crippen LogP contribution in [0.3, 0.4) is 0 Å². The molecule has 1 amide bonds. The van der Waals surface area contributed by atoms with E-state index in [4.69, 9.17) is 5.11 Å². The van der Waals surface area contributed by atoms with Gasteiger partial charge < -0.3 is 10.0 Å². The highest BCUT2D eigenvalue weighted by molar-refractivity contribution is 7.99. The van der Waals surface area contributed by atoms with Crippen molar-refractivity contribution in [2.75, 3.05) is 12.8 Å². The Kier molecular flexibility index (Phi) is 5.17. The fourth-order valence-corrected chi connectivity index (χ4v) is 3.15. The lowest BCUT2D eigenvalue weighted by atomic mass is 9.96. The van der Waals surface area contributed by atoms with Crippen LogP contribution in [-0.2, 0) is 14.4 Å². The van der Waals surface area contributed by atoms with Crippen molar-refractivity contribution in [3.8, 4) is 0 Å². The van der Waals surface area contributed by atoms with Gasteiger partial charge >= 0.3 is 5.97 Å². The lowest BCUT2D eigenvalue weighted by molar-refractivity contribution is -0.137. The number of hydrogen-bond acceptors (Lipinski definition) is 4. The Morgan fingerprint density at radius 3 is 2.37 bits per heavy atom. The van der Waals surface area contributed by atoms with Gasteiger partial charge in [0, 0.05) is 23.6 Å². The average molecular weight is 285 g/mol. The van der Waals surface area contributed by atoms with E-state index < -0.39 is 5.97 Å². The molecule has 1 atom stereocenters. The number of aliphatic carboxylic acids is 1. The molecule has 0 saturated carbocycles. The maximum Gasteiger partial charge on any atom is 0.308 e. The molecule has 0 aromatic carbocycles. The van der Waals surface area contributed by atoms with Crippen molar-refractivity contribution in [1.82, 2.24) is 4.90 Å². The molecule has 6 heteroatoms. The van der Waals surface area contributed by atoms with Crippen LogP contribution in [0.1, 0.15) is 27.2 Å². The average Bonchev–Trinajstić information content (AvgIpc) is 2.60. The molecular formula is C13H19NO4S. The van der Waals surface area contributed by atoms with E-state index >= 15 is 0 Å². The third kappa shape index (κ3) is 3.00. The molecule has 1 N–H and O–H groups in total. The maximum absolute atomic E-state index is 12.3. The second-order valence-corrected chi connectivity index (χ2v) is 5.58. The smallest absolute Gasteiger partial charge is 0.308 e. The minimum absolute atomic E-state index is 0.139. The molecule has 0 aliphatic carbocycles. The molecule has 0 radical (unpaired) electrons. The topological polar surface area (TPSA) is 74.7 Å². The summed E-state index contributed by atoms with van der Waals surface area (Å²) in [5.74, 6) is -1.80. The van der Waals surface area contributed by atoms with Gasteiger partial charge in [-0.25, -0.2) is 0 Å². The molecule has 0 aromatic heterocycles. The van der Waals surface area contributed by atoms with Gasteiger partial charge in [-0.15, -0.1) is 11.8 Å². The molecule has 1 heterocycles. The van der Waals surface area contributed by atoms with Crippen LogP contribution in [0.5, 0.6) is 0 Å². The number of likely N-dealkylation sites (N-methyl/N-ethyl adjacent to an activating group) is 1. The Morgan fingerprint density at radius 2 is 2.00 bits per heavy atom. The number of ketones is 1. The zero-order valence-electron chi connectivity index (χ0n) is 11.6. The van der Waals surface area contributed by atoms with Gasteiger partial charge in [0.15, 0.2) is 5.78 Å². The Bertz CT molecular complexity index is 442. The number of thioether (sulfide) groups is 1. The summed E-state index contributed by atoms with van der Waals surface area (Å²) in [4.78, 5) is 36.9. The van der Waals surface area contributed by atoms with E-state index in [0.717, 1.165) is 0 Å². The molecule has 1 aliphatic rings. The molecule has 0 fully saturated rings. The SMILES string of the molecule is CCN1C(=O)C(CC(=O)O)=C(C(=O)C(C)C)[C@H]1SC. The van der Waals surface area contributed by atoms with Crippen LogP contribution >= 0.6 is 11.8 Å². The number of carbonyl (C=O) groups excluding carboxylic acids is 2. The highest BCUT2D eigenvalue weighted by atomic mass is 32.2. The Hall–Kier alpha value is -1.30. The second-order valence-electron chi connectivity index (χ2n) is 4.66. The highest BCUT2D eigenvalue weighted by Crippen LogP contribution is 2.35. The van der Waals surface area contributed by atoms with Gasteiger partial charge in [0.05, 0.1) is 6.42 Å². The summed E-state index contributed by atoms with van der Waals surface area (Å²) in [5.41, 5.74) is 0.518. The molecule has 1 rings (SSSR count). The number of hydrogen-bond donors (Lipinski definition) is 1. The van der Waals surface area contributed by atoms with Crippen LogP contribution in [0.15, 0.2) is 11.1 Å².